The quantitative estimate of drug-likeness (QED) is 0.886. The molecule has 6 heteroatoms. The molecule has 3 N–H and O–H groups in total. The Morgan fingerprint density at radius 2 is 2.32 bits per heavy atom. The number of fused-ring (bicyclic) bond motifs is 1. The molecule has 0 saturated heterocycles. The van der Waals surface area contributed by atoms with Crippen molar-refractivity contribution < 1.29 is 4.79 Å². The number of halogens is 1. The number of amides is 1. The van der Waals surface area contributed by atoms with Crippen molar-refractivity contribution in [3.05, 3.63) is 33.9 Å². The molecule has 1 aliphatic heterocycles. The van der Waals surface area contributed by atoms with Gasteiger partial charge in [-0.3, -0.25) is 9.89 Å². The fraction of sp³-hybridized carbons (Fsp3) is 0.231. The zero-order chi connectivity index (χ0) is 13.6. The largest absolute Gasteiger partial charge is 0.325 e. The van der Waals surface area contributed by atoms with E-state index in [2.05, 4.69) is 26.1 Å². The van der Waals surface area contributed by atoms with Gasteiger partial charge in [-0.15, -0.1) is 0 Å². The Bertz CT molecular complexity index is 665. The van der Waals surface area contributed by atoms with Crippen LogP contribution < -0.4 is 10.6 Å². The predicted octanol–water partition coefficient (Wildman–Crippen LogP) is 1.82. The highest BCUT2D eigenvalue weighted by molar-refractivity contribution is 9.10. The van der Waals surface area contributed by atoms with Crippen molar-refractivity contribution in [2.45, 2.75) is 13.0 Å². The summed E-state index contributed by atoms with van der Waals surface area (Å²) in [6.45, 7) is 0.403. The van der Waals surface area contributed by atoms with Gasteiger partial charge < -0.3 is 10.6 Å². The molecule has 0 atom stereocenters. The van der Waals surface area contributed by atoms with Crippen LogP contribution >= 0.6 is 15.9 Å². The minimum atomic E-state index is 0.121. The average molecular weight is 321 g/mol. The van der Waals surface area contributed by atoms with Crippen LogP contribution in [0.15, 0.2) is 22.7 Å². The van der Waals surface area contributed by atoms with E-state index in [1.807, 2.05) is 18.2 Å². The average Bonchev–Trinajstić information content (AvgIpc) is 2.91. The number of carbonyl (C=O) groups excluding carboxylic acids is 1. The first-order chi connectivity index (χ1) is 9.11. The molecule has 3 rings (SSSR count). The zero-order valence-electron chi connectivity index (χ0n) is 10.4. The third kappa shape index (κ3) is 1.87. The second-order valence-corrected chi connectivity index (χ2v) is 5.33. The first-order valence-corrected chi connectivity index (χ1v) is 6.73. The van der Waals surface area contributed by atoms with Crippen molar-refractivity contribution in [2.24, 2.45) is 5.73 Å². The number of nitrogens with two attached hydrogens (primary N) is 1. The summed E-state index contributed by atoms with van der Waals surface area (Å²) in [7, 11) is 1.80. The summed E-state index contributed by atoms with van der Waals surface area (Å²) >= 11 is 3.50. The maximum absolute atomic E-state index is 11.7. The van der Waals surface area contributed by atoms with Gasteiger partial charge in [0, 0.05) is 24.8 Å². The molecular formula is C13H13BrN4O. The maximum Gasteiger partial charge on any atom is 0.231 e. The number of likely N-dealkylation sites (N-methyl/N-ethyl adjacent to an activating group) is 1. The Morgan fingerprint density at radius 3 is 3.00 bits per heavy atom. The van der Waals surface area contributed by atoms with Gasteiger partial charge in [0.25, 0.3) is 0 Å². The number of hydrogen-bond donors (Lipinski definition) is 2. The van der Waals surface area contributed by atoms with Crippen LogP contribution in [0.2, 0.25) is 0 Å². The second kappa shape index (κ2) is 4.47. The van der Waals surface area contributed by atoms with Crippen LogP contribution in [0.25, 0.3) is 11.3 Å². The number of carbonyl (C=O) groups is 1. The van der Waals surface area contributed by atoms with E-state index in [-0.39, 0.29) is 5.91 Å². The van der Waals surface area contributed by atoms with E-state index in [1.165, 1.54) is 0 Å². The van der Waals surface area contributed by atoms with E-state index < -0.39 is 0 Å². The van der Waals surface area contributed by atoms with Crippen molar-refractivity contribution in [1.29, 1.82) is 0 Å². The fourth-order valence-electron chi connectivity index (χ4n) is 2.31. The lowest BCUT2D eigenvalue weighted by molar-refractivity contribution is -0.117. The van der Waals surface area contributed by atoms with E-state index >= 15 is 0 Å². The summed E-state index contributed by atoms with van der Waals surface area (Å²) in [4.78, 5) is 13.4. The Labute approximate surface area is 118 Å². The van der Waals surface area contributed by atoms with Crippen LogP contribution in [0.1, 0.15) is 11.3 Å². The van der Waals surface area contributed by atoms with Crippen molar-refractivity contribution in [3.8, 4) is 11.3 Å². The molecule has 1 aromatic heterocycles. The van der Waals surface area contributed by atoms with Gasteiger partial charge in [-0.25, -0.2) is 0 Å². The number of H-pyrrole nitrogens is 1. The number of aromatic amines is 1. The van der Waals surface area contributed by atoms with E-state index in [0.29, 0.717) is 13.0 Å². The lowest BCUT2D eigenvalue weighted by Crippen LogP contribution is -2.20. The second-order valence-electron chi connectivity index (χ2n) is 4.54. The van der Waals surface area contributed by atoms with Crippen molar-refractivity contribution in [1.82, 2.24) is 10.2 Å². The molecule has 1 aromatic carbocycles. The molecule has 0 unspecified atom stereocenters. The molecule has 1 aliphatic rings. The number of nitrogens with one attached hydrogen (secondary N) is 1. The Hall–Kier alpha value is -1.66. The molecule has 0 spiro atoms. The molecule has 2 heterocycles. The molecule has 19 heavy (non-hydrogen) atoms. The lowest BCUT2D eigenvalue weighted by Gasteiger charge is -2.10. The van der Waals surface area contributed by atoms with Crippen LogP contribution in [0.3, 0.4) is 0 Å². The molecular weight excluding hydrogens is 308 g/mol. The van der Waals surface area contributed by atoms with Gasteiger partial charge in [0.2, 0.25) is 5.91 Å². The van der Waals surface area contributed by atoms with Gasteiger partial charge >= 0.3 is 0 Å². The van der Waals surface area contributed by atoms with Crippen LogP contribution in [0.5, 0.6) is 0 Å². The highest BCUT2D eigenvalue weighted by atomic mass is 79.9. The zero-order valence-corrected chi connectivity index (χ0v) is 12.0. The molecule has 0 aliphatic carbocycles. The molecule has 0 fully saturated rings. The number of hydrogen-bond acceptors (Lipinski definition) is 3. The van der Waals surface area contributed by atoms with Crippen LogP contribution in [0.4, 0.5) is 5.69 Å². The van der Waals surface area contributed by atoms with E-state index in [0.717, 1.165) is 32.7 Å². The number of anilines is 1. The highest BCUT2D eigenvalue weighted by Crippen LogP contribution is 2.34. The number of benzene rings is 1. The summed E-state index contributed by atoms with van der Waals surface area (Å²) in [6.07, 6.45) is 0.450. The summed E-state index contributed by atoms with van der Waals surface area (Å²) in [5.74, 6) is 0.121. The molecule has 2 aromatic rings. The van der Waals surface area contributed by atoms with Gasteiger partial charge in [0.1, 0.15) is 5.69 Å². The van der Waals surface area contributed by atoms with E-state index in [9.17, 15) is 4.79 Å². The van der Waals surface area contributed by atoms with Gasteiger partial charge in [0.15, 0.2) is 0 Å². The minimum Gasteiger partial charge on any atom is -0.325 e. The maximum atomic E-state index is 11.7. The third-order valence-corrected chi connectivity index (χ3v) is 4.26. The van der Waals surface area contributed by atoms with Gasteiger partial charge in [0.05, 0.1) is 16.6 Å². The van der Waals surface area contributed by atoms with Gasteiger partial charge in [-0.1, -0.05) is 6.07 Å². The SMILES string of the molecule is CN1C(=O)Cc2cc(-c3n[nH]c(CN)c3Br)ccc21. The molecule has 0 bridgehead atoms. The van der Waals surface area contributed by atoms with E-state index in [1.54, 1.807) is 11.9 Å². The minimum absolute atomic E-state index is 0.121. The Kier molecular flexibility index (Phi) is 2.91. The van der Waals surface area contributed by atoms with Crippen molar-refractivity contribution in [3.63, 3.8) is 0 Å². The van der Waals surface area contributed by atoms with E-state index in [4.69, 9.17) is 5.73 Å². The molecule has 0 radical (unpaired) electrons. The van der Waals surface area contributed by atoms with Crippen LogP contribution in [-0.4, -0.2) is 23.2 Å². The summed E-state index contributed by atoms with van der Waals surface area (Å²) in [5, 5.41) is 7.18. The third-order valence-electron chi connectivity index (χ3n) is 3.41. The van der Waals surface area contributed by atoms with Crippen molar-refractivity contribution in [2.75, 3.05) is 11.9 Å². The number of aromatic nitrogens is 2. The Balaban J connectivity index is 2.06. The fourth-order valence-corrected chi connectivity index (χ4v) is 2.88. The van der Waals surface area contributed by atoms with Crippen molar-refractivity contribution >= 4 is 27.5 Å². The lowest BCUT2D eigenvalue weighted by atomic mass is 10.1. The first kappa shape index (κ1) is 12.4. The highest BCUT2D eigenvalue weighted by Gasteiger charge is 2.24. The first-order valence-electron chi connectivity index (χ1n) is 5.94. The number of rotatable bonds is 2. The standard InChI is InChI=1S/C13H13BrN4O/c1-18-10-3-2-7(4-8(10)5-11(18)19)13-12(14)9(6-15)16-17-13/h2-4H,5-6,15H2,1H3,(H,16,17). The Morgan fingerprint density at radius 1 is 1.53 bits per heavy atom. The molecule has 98 valence electrons. The van der Waals surface area contributed by atoms with Gasteiger partial charge in [-0.05, 0) is 33.6 Å². The predicted molar refractivity (Wildman–Crippen MR) is 76.7 cm³/mol. The van der Waals surface area contributed by atoms with Crippen LogP contribution in [-0.2, 0) is 17.8 Å². The van der Waals surface area contributed by atoms with Gasteiger partial charge in [-0.2, -0.15) is 5.10 Å². The number of nitrogens with zero attached hydrogens (tertiary/aromatic N) is 2. The topological polar surface area (TPSA) is 75.0 Å². The molecule has 5 nitrogen and oxygen atoms in total. The smallest absolute Gasteiger partial charge is 0.231 e. The summed E-state index contributed by atoms with van der Waals surface area (Å²) in [5.41, 5.74) is 10.3. The monoisotopic (exact) mass is 320 g/mol. The molecule has 1 amide bonds. The normalized spacial score (nSPS) is 14.1. The van der Waals surface area contributed by atoms with Crippen LogP contribution in [0, 0.1) is 0 Å². The summed E-state index contributed by atoms with van der Waals surface area (Å²) < 4.78 is 0.882. The molecule has 0 saturated carbocycles. The summed E-state index contributed by atoms with van der Waals surface area (Å²) in [6, 6.07) is 5.94.